The molecule has 2 aliphatic rings. The minimum absolute atomic E-state index is 0.161. The third kappa shape index (κ3) is 2.66. The Morgan fingerprint density at radius 1 is 1.24 bits per heavy atom. The third-order valence-electron chi connectivity index (χ3n) is 3.92. The lowest BCUT2D eigenvalue weighted by Gasteiger charge is -2.34. The normalized spacial score (nSPS) is 24.0. The van der Waals surface area contributed by atoms with Crippen LogP contribution in [0.25, 0.3) is 0 Å². The summed E-state index contributed by atoms with van der Waals surface area (Å²) in [5.41, 5.74) is 0.498. The van der Waals surface area contributed by atoms with Gasteiger partial charge in [-0.1, -0.05) is 6.92 Å². The molecule has 2 unspecified atom stereocenters. The number of rotatable bonds is 2. The number of aliphatic carboxylic acids is 1. The van der Waals surface area contributed by atoms with Crippen molar-refractivity contribution in [3.05, 3.63) is 23.8 Å². The molecule has 112 valence electrons. The van der Waals surface area contributed by atoms with Crippen molar-refractivity contribution < 1.29 is 24.2 Å². The van der Waals surface area contributed by atoms with Crippen molar-refractivity contribution in [1.82, 2.24) is 4.90 Å². The zero-order valence-electron chi connectivity index (χ0n) is 11.7. The fourth-order valence-corrected chi connectivity index (χ4v) is 2.91. The van der Waals surface area contributed by atoms with Crippen molar-refractivity contribution in [2.24, 2.45) is 11.8 Å². The van der Waals surface area contributed by atoms with Gasteiger partial charge in [0.15, 0.2) is 11.5 Å². The van der Waals surface area contributed by atoms with Crippen molar-refractivity contribution in [1.29, 1.82) is 0 Å². The van der Waals surface area contributed by atoms with Gasteiger partial charge in [-0.2, -0.15) is 0 Å². The van der Waals surface area contributed by atoms with Gasteiger partial charge in [0.1, 0.15) is 0 Å². The number of carbonyl (C=O) groups excluding carboxylic acids is 1. The molecule has 1 saturated heterocycles. The summed E-state index contributed by atoms with van der Waals surface area (Å²) >= 11 is 0. The van der Waals surface area contributed by atoms with Crippen LogP contribution in [0.5, 0.6) is 11.5 Å². The van der Waals surface area contributed by atoms with E-state index in [2.05, 4.69) is 0 Å². The number of amides is 1. The Balaban J connectivity index is 1.79. The van der Waals surface area contributed by atoms with Gasteiger partial charge in [0.25, 0.3) is 5.91 Å². The Kier molecular flexibility index (Phi) is 3.45. The first-order valence-electron chi connectivity index (χ1n) is 6.96. The zero-order valence-corrected chi connectivity index (χ0v) is 11.7. The number of carboxylic acid groups (broad SMARTS) is 1. The summed E-state index contributed by atoms with van der Waals surface area (Å²) < 4.78 is 10.5. The minimum atomic E-state index is -0.843. The SMILES string of the molecule is CC1CC(C(=O)O)CN(C(=O)c2ccc3c(c2)OCO3)C1. The lowest BCUT2D eigenvalue weighted by atomic mass is 9.90. The summed E-state index contributed by atoms with van der Waals surface area (Å²) in [4.78, 5) is 25.3. The first-order valence-corrected chi connectivity index (χ1v) is 6.96. The van der Waals surface area contributed by atoms with Crippen molar-refractivity contribution in [2.45, 2.75) is 13.3 Å². The molecule has 1 amide bonds. The number of benzene rings is 1. The number of carbonyl (C=O) groups is 2. The van der Waals surface area contributed by atoms with Crippen molar-refractivity contribution in [3.8, 4) is 11.5 Å². The highest BCUT2D eigenvalue weighted by atomic mass is 16.7. The highest BCUT2D eigenvalue weighted by Gasteiger charge is 2.32. The Morgan fingerprint density at radius 2 is 2.00 bits per heavy atom. The smallest absolute Gasteiger partial charge is 0.308 e. The van der Waals surface area contributed by atoms with Gasteiger partial charge in [-0.25, -0.2) is 0 Å². The lowest BCUT2D eigenvalue weighted by Crippen LogP contribution is -2.45. The predicted octanol–water partition coefficient (Wildman–Crippen LogP) is 1.60. The molecule has 2 atom stereocenters. The summed E-state index contributed by atoms with van der Waals surface area (Å²) in [6.07, 6.45) is 0.611. The fourth-order valence-electron chi connectivity index (χ4n) is 2.91. The molecule has 0 spiro atoms. The largest absolute Gasteiger partial charge is 0.481 e. The molecule has 0 radical (unpaired) electrons. The highest BCUT2D eigenvalue weighted by molar-refractivity contribution is 5.95. The molecular formula is C15H17NO5. The van der Waals surface area contributed by atoms with Gasteiger partial charge < -0.3 is 19.5 Å². The molecule has 3 rings (SSSR count). The van der Waals surface area contributed by atoms with Gasteiger partial charge >= 0.3 is 5.97 Å². The average Bonchev–Trinajstić information content (AvgIpc) is 2.93. The molecule has 0 saturated carbocycles. The molecular weight excluding hydrogens is 274 g/mol. The average molecular weight is 291 g/mol. The number of fused-ring (bicyclic) bond motifs is 1. The monoisotopic (exact) mass is 291 g/mol. The maximum Gasteiger partial charge on any atom is 0.308 e. The van der Waals surface area contributed by atoms with Crippen LogP contribution in [0.4, 0.5) is 0 Å². The molecule has 2 heterocycles. The van der Waals surface area contributed by atoms with Gasteiger partial charge in [0.05, 0.1) is 5.92 Å². The van der Waals surface area contributed by atoms with Crippen LogP contribution in [-0.2, 0) is 4.79 Å². The van der Waals surface area contributed by atoms with E-state index in [1.807, 2.05) is 6.92 Å². The van der Waals surface area contributed by atoms with Crippen LogP contribution < -0.4 is 9.47 Å². The van der Waals surface area contributed by atoms with Crippen LogP contribution >= 0.6 is 0 Å². The molecule has 0 aliphatic carbocycles. The number of hydrogen-bond acceptors (Lipinski definition) is 4. The van der Waals surface area contributed by atoms with E-state index in [0.29, 0.717) is 30.0 Å². The molecule has 6 heteroatoms. The molecule has 0 aromatic heterocycles. The van der Waals surface area contributed by atoms with E-state index >= 15 is 0 Å². The van der Waals surface area contributed by atoms with E-state index in [4.69, 9.17) is 9.47 Å². The number of carboxylic acids is 1. The molecule has 1 aromatic rings. The van der Waals surface area contributed by atoms with Gasteiger partial charge in [-0.15, -0.1) is 0 Å². The Hall–Kier alpha value is -2.24. The summed E-state index contributed by atoms with van der Waals surface area (Å²) in [5.74, 6) is -0.136. The number of piperidine rings is 1. The van der Waals surface area contributed by atoms with Gasteiger partial charge in [-0.05, 0) is 30.5 Å². The van der Waals surface area contributed by atoms with Crippen LogP contribution in [0.1, 0.15) is 23.7 Å². The molecule has 6 nitrogen and oxygen atoms in total. The maximum absolute atomic E-state index is 12.5. The molecule has 1 aromatic carbocycles. The highest BCUT2D eigenvalue weighted by Crippen LogP contribution is 2.33. The zero-order chi connectivity index (χ0) is 15.0. The first kappa shape index (κ1) is 13.7. The standard InChI is InChI=1S/C15H17NO5/c1-9-4-11(15(18)19)7-16(6-9)14(17)10-2-3-12-13(5-10)21-8-20-12/h2-3,5,9,11H,4,6-8H2,1H3,(H,18,19). The second kappa shape index (κ2) is 5.27. The van der Waals surface area contributed by atoms with Crippen molar-refractivity contribution >= 4 is 11.9 Å². The van der Waals surface area contributed by atoms with Crippen LogP contribution in [0.15, 0.2) is 18.2 Å². The summed E-state index contributed by atoms with van der Waals surface area (Å²) in [6, 6.07) is 5.04. The molecule has 1 fully saturated rings. The van der Waals surface area contributed by atoms with E-state index < -0.39 is 11.9 Å². The van der Waals surface area contributed by atoms with Crippen molar-refractivity contribution in [2.75, 3.05) is 19.9 Å². The van der Waals surface area contributed by atoms with E-state index in [0.717, 1.165) is 0 Å². The topological polar surface area (TPSA) is 76.1 Å². The van der Waals surface area contributed by atoms with Crippen LogP contribution in [0.3, 0.4) is 0 Å². The first-order chi connectivity index (χ1) is 10.0. The minimum Gasteiger partial charge on any atom is -0.481 e. The Morgan fingerprint density at radius 3 is 2.76 bits per heavy atom. The Labute approximate surface area is 122 Å². The summed E-state index contributed by atoms with van der Waals surface area (Å²) in [6.45, 7) is 2.97. The van der Waals surface area contributed by atoms with Gasteiger partial charge in [-0.3, -0.25) is 9.59 Å². The predicted molar refractivity (Wildman–Crippen MR) is 73.4 cm³/mol. The quantitative estimate of drug-likeness (QED) is 0.895. The number of likely N-dealkylation sites (tertiary alicyclic amines) is 1. The number of ether oxygens (including phenoxy) is 2. The van der Waals surface area contributed by atoms with Crippen LogP contribution in [0.2, 0.25) is 0 Å². The van der Waals surface area contributed by atoms with Gasteiger partial charge in [0.2, 0.25) is 6.79 Å². The molecule has 2 aliphatic heterocycles. The lowest BCUT2D eigenvalue weighted by molar-refractivity contribution is -0.143. The second-order valence-electron chi connectivity index (χ2n) is 5.65. The molecule has 0 bridgehead atoms. The van der Waals surface area contributed by atoms with Crippen molar-refractivity contribution in [3.63, 3.8) is 0 Å². The summed E-state index contributed by atoms with van der Waals surface area (Å²) in [7, 11) is 0. The van der Waals surface area contributed by atoms with E-state index in [9.17, 15) is 14.7 Å². The molecule has 21 heavy (non-hydrogen) atoms. The molecule has 1 N–H and O–H groups in total. The van der Waals surface area contributed by atoms with E-state index in [-0.39, 0.29) is 25.2 Å². The van der Waals surface area contributed by atoms with E-state index in [1.165, 1.54) is 0 Å². The fraction of sp³-hybridized carbons (Fsp3) is 0.467. The number of hydrogen-bond donors (Lipinski definition) is 1. The van der Waals surface area contributed by atoms with Crippen LogP contribution in [-0.4, -0.2) is 41.8 Å². The van der Waals surface area contributed by atoms with Crippen LogP contribution in [0, 0.1) is 11.8 Å². The second-order valence-corrected chi connectivity index (χ2v) is 5.65. The number of nitrogens with zero attached hydrogens (tertiary/aromatic N) is 1. The third-order valence-corrected chi connectivity index (χ3v) is 3.92. The maximum atomic E-state index is 12.5. The van der Waals surface area contributed by atoms with Gasteiger partial charge in [0, 0.05) is 18.7 Å². The van der Waals surface area contributed by atoms with E-state index in [1.54, 1.807) is 23.1 Å². The summed E-state index contributed by atoms with van der Waals surface area (Å²) in [5, 5.41) is 9.18. The Bertz CT molecular complexity index is 585.